The number of rotatable bonds is 1. The lowest BCUT2D eigenvalue weighted by atomic mass is 9.99. The van der Waals surface area contributed by atoms with Gasteiger partial charge < -0.3 is 10.2 Å². The summed E-state index contributed by atoms with van der Waals surface area (Å²) in [6, 6.07) is 0.829. The van der Waals surface area contributed by atoms with E-state index in [1.807, 2.05) is 18.7 Å². The van der Waals surface area contributed by atoms with E-state index in [9.17, 15) is 9.59 Å². The van der Waals surface area contributed by atoms with Crippen LogP contribution in [0.25, 0.3) is 0 Å². The van der Waals surface area contributed by atoms with E-state index >= 15 is 0 Å². The van der Waals surface area contributed by atoms with Crippen LogP contribution in [0.5, 0.6) is 0 Å². The molecule has 0 aromatic carbocycles. The maximum Gasteiger partial charge on any atom is 0.248 e. The third-order valence-electron chi connectivity index (χ3n) is 4.80. The van der Waals surface area contributed by atoms with Gasteiger partial charge in [-0.2, -0.15) is 0 Å². The van der Waals surface area contributed by atoms with Crippen LogP contribution in [0, 0.1) is 0 Å². The molecule has 3 fully saturated rings. The Hall–Kier alpha value is -1.10. The topological polar surface area (TPSA) is 52.7 Å². The van der Waals surface area contributed by atoms with Gasteiger partial charge in [-0.25, -0.2) is 0 Å². The van der Waals surface area contributed by atoms with Crippen molar-refractivity contribution in [3.63, 3.8) is 0 Å². The van der Waals surface area contributed by atoms with E-state index in [1.54, 1.807) is 0 Å². The first kappa shape index (κ1) is 12.9. The van der Waals surface area contributed by atoms with Gasteiger partial charge in [0.25, 0.3) is 0 Å². The van der Waals surface area contributed by atoms with E-state index in [1.165, 1.54) is 19.4 Å². The molecule has 3 heterocycles. The molecule has 0 radical (unpaired) electrons. The number of nitrogens with one attached hydrogen (secondary N) is 1. The minimum Gasteiger partial charge on any atom is -0.342 e. The predicted octanol–water partition coefficient (Wildman–Crippen LogP) is 0.350. The SMILES string of the molecule is CC1(C)NC(=O)CCN(C2CCN3CCCC23)C1=O. The highest BCUT2D eigenvalue weighted by molar-refractivity contribution is 5.93. The maximum atomic E-state index is 12.7. The fourth-order valence-electron chi connectivity index (χ4n) is 3.88. The molecule has 3 aliphatic rings. The van der Waals surface area contributed by atoms with Crippen molar-refractivity contribution in [3.8, 4) is 0 Å². The summed E-state index contributed by atoms with van der Waals surface area (Å²) in [6.45, 7) is 6.47. The third-order valence-corrected chi connectivity index (χ3v) is 4.80. The Morgan fingerprint density at radius 3 is 2.68 bits per heavy atom. The van der Waals surface area contributed by atoms with Crippen LogP contribution in [0.15, 0.2) is 0 Å². The Bertz CT molecular complexity index is 407. The second-order valence-electron chi connectivity index (χ2n) is 6.52. The number of amides is 2. The summed E-state index contributed by atoms with van der Waals surface area (Å²) >= 11 is 0. The fourth-order valence-corrected chi connectivity index (χ4v) is 3.88. The van der Waals surface area contributed by atoms with Gasteiger partial charge in [0, 0.05) is 31.6 Å². The summed E-state index contributed by atoms with van der Waals surface area (Å²) in [5, 5.41) is 2.84. The van der Waals surface area contributed by atoms with Gasteiger partial charge in [0.05, 0.1) is 0 Å². The first-order valence-corrected chi connectivity index (χ1v) is 7.35. The van der Waals surface area contributed by atoms with Gasteiger partial charge in [-0.3, -0.25) is 14.5 Å². The molecule has 0 spiro atoms. The van der Waals surface area contributed by atoms with Crippen molar-refractivity contribution < 1.29 is 9.59 Å². The summed E-state index contributed by atoms with van der Waals surface area (Å²) in [7, 11) is 0. The summed E-state index contributed by atoms with van der Waals surface area (Å²) in [5.74, 6) is 0.0687. The number of hydrogen-bond acceptors (Lipinski definition) is 3. The van der Waals surface area contributed by atoms with Crippen LogP contribution in [-0.4, -0.2) is 58.9 Å². The lowest BCUT2D eigenvalue weighted by Crippen LogP contribution is -2.56. The van der Waals surface area contributed by atoms with E-state index < -0.39 is 5.54 Å². The number of carbonyl (C=O) groups excluding carboxylic acids is 2. The van der Waals surface area contributed by atoms with Crippen LogP contribution < -0.4 is 5.32 Å². The van der Waals surface area contributed by atoms with Crippen molar-refractivity contribution in [1.29, 1.82) is 0 Å². The molecule has 2 atom stereocenters. The lowest BCUT2D eigenvalue weighted by Gasteiger charge is -2.35. The van der Waals surface area contributed by atoms with E-state index in [2.05, 4.69) is 10.2 Å². The second-order valence-corrected chi connectivity index (χ2v) is 6.52. The largest absolute Gasteiger partial charge is 0.342 e. The molecule has 1 N–H and O–H groups in total. The molecule has 5 nitrogen and oxygen atoms in total. The molecule has 2 amide bonds. The fraction of sp³-hybridized carbons (Fsp3) is 0.857. The smallest absolute Gasteiger partial charge is 0.248 e. The van der Waals surface area contributed by atoms with Crippen LogP contribution in [0.2, 0.25) is 0 Å². The van der Waals surface area contributed by atoms with E-state index in [4.69, 9.17) is 0 Å². The standard InChI is InChI=1S/C14H23N3O2/c1-14(2)13(19)17(9-6-12(18)15-14)11-5-8-16-7-3-4-10(11)16/h10-11H,3-9H2,1-2H3,(H,15,18). The van der Waals surface area contributed by atoms with Gasteiger partial charge in [0.15, 0.2) is 0 Å². The van der Waals surface area contributed by atoms with Crippen molar-refractivity contribution in [2.45, 2.75) is 57.2 Å². The monoisotopic (exact) mass is 265 g/mol. The zero-order valence-corrected chi connectivity index (χ0v) is 11.8. The van der Waals surface area contributed by atoms with Crippen molar-refractivity contribution in [2.75, 3.05) is 19.6 Å². The molecule has 5 heteroatoms. The zero-order valence-electron chi connectivity index (χ0n) is 11.8. The first-order chi connectivity index (χ1) is 8.99. The van der Waals surface area contributed by atoms with Crippen molar-refractivity contribution in [2.24, 2.45) is 0 Å². The van der Waals surface area contributed by atoms with Crippen molar-refractivity contribution >= 4 is 11.8 Å². The molecule has 0 saturated carbocycles. The molecule has 2 unspecified atom stereocenters. The Kier molecular flexibility index (Phi) is 3.04. The molecule has 0 aromatic rings. The third kappa shape index (κ3) is 2.14. The molecule has 3 aliphatic heterocycles. The predicted molar refractivity (Wildman–Crippen MR) is 71.6 cm³/mol. The number of carbonyl (C=O) groups is 2. The molecule has 106 valence electrons. The molecular weight excluding hydrogens is 242 g/mol. The Labute approximate surface area is 114 Å². The summed E-state index contributed by atoms with van der Waals surface area (Å²) in [5.41, 5.74) is -0.764. The van der Waals surface area contributed by atoms with Gasteiger partial charge in [0.2, 0.25) is 11.8 Å². The van der Waals surface area contributed by atoms with Gasteiger partial charge in [-0.1, -0.05) is 0 Å². The first-order valence-electron chi connectivity index (χ1n) is 7.35. The molecule has 0 aromatic heterocycles. The maximum absolute atomic E-state index is 12.7. The highest BCUT2D eigenvalue weighted by Crippen LogP contribution is 2.33. The second kappa shape index (κ2) is 4.47. The van der Waals surface area contributed by atoms with Crippen LogP contribution in [0.3, 0.4) is 0 Å². The van der Waals surface area contributed by atoms with E-state index in [0.717, 1.165) is 13.0 Å². The molecule has 0 bridgehead atoms. The highest BCUT2D eigenvalue weighted by atomic mass is 16.2. The Balaban J connectivity index is 1.83. The normalized spacial score (nSPS) is 35.2. The zero-order chi connectivity index (χ0) is 13.6. The molecular formula is C14H23N3O2. The number of nitrogens with zero attached hydrogens (tertiary/aromatic N) is 2. The van der Waals surface area contributed by atoms with Gasteiger partial charge in [-0.05, 0) is 39.7 Å². The Morgan fingerprint density at radius 2 is 1.89 bits per heavy atom. The molecule has 0 aliphatic carbocycles. The minimum atomic E-state index is -0.764. The Morgan fingerprint density at radius 1 is 1.11 bits per heavy atom. The summed E-state index contributed by atoms with van der Waals surface area (Å²) < 4.78 is 0. The van der Waals surface area contributed by atoms with Crippen LogP contribution in [0.1, 0.15) is 39.5 Å². The number of hydrogen-bond donors (Lipinski definition) is 1. The van der Waals surface area contributed by atoms with Crippen molar-refractivity contribution in [1.82, 2.24) is 15.1 Å². The molecule has 3 saturated heterocycles. The van der Waals surface area contributed by atoms with Crippen molar-refractivity contribution in [3.05, 3.63) is 0 Å². The van der Waals surface area contributed by atoms with Crippen LogP contribution in [0.4, 0.5) is 0 Å². The van der Waals surface area contributed by atoms with E-state index in [0.29, 0.717) is 25.0 Å². The number of fused-ring (bicyclic) bond motifs is 1. The average molecular weight is 265 g/mol. The highest BCUT2D eigenvalue weighted by Gasteiger charge is 2.46. The minimum absolute atomic E-state index is 0.0119. The molecule has 3 rings (SSSR count). The lowest BCUT2D eigenvalue weighted by molar-refractivity contribution is -0.139. The summed E-state index contributed by atoms with van der Waals surface area (Å²) in [6.07, 6.45) is 3.92. The molecule has 19 heavy (non-hydrogen) atoms. The average Bonchev–Trinajstić information content (AvgIpc) is 2.89. The van der Waals surface area contributed by atoms with Crippen LogP contribution in [-0.2, 0) is 9.59 Å². The van der Waals surface area contributed by atoms with Crippen LogP contribution >= 0.6 is 0 Å². The van der Waals surface area contributed by atoms with E-state index in [-0.39, 0.29) is 11.8 Å². The van der Waals surface area contributed by atoms with Gasteiger partial charge in [0.1, 0.15) is 5.54 Å². The quantitative estimate of drug-likeness (QED) is 0.744. The van der Waals surface area contributed by atoms with Gasteiger partial charge in [-0.15, -0.1) is 0 Å². The van der Waals surface area contributed by atoms with Gasteiger partial charge >= 0.3 is 0 Å². The summed E-state index contributed by atoms with van der Waals surface area (Å²) in [4.78, 5) is 28.9.